The van der Waals surface area contributed by atoms with Gasteiger partial charge in [0.05, 0.1) is 0 Å². The molecule has 36 heavy (non-hydrogen) atoms. The maximum Gasteiger partial charge on any atom is 0 e. The van der Waals surface area contributed by atoms with Crippen molar-refractivity contribution >= 4 is 44.8 Å². The summed E-state index contributed by atoms with van der Waals surface area (Å²) in [6.45, 7) is 9.01. The minimum atomic E-state index is -0.177. The van der Waals surface area contributed by atoms with E-state index < -0.39 is 0 Å². The van der Waals surface area contributed by atoms with Gasteiger partial charge in [0, 0.05) is 20.1 Å². The van der Waals surface area contributed by atoms with Crippen molar-refractivity contribution in [2.24, 2.45) is 0 Å². The van der Waals surface area contributed by atoms with Crippen LogP contribution in [0.25, 0.3) is 47.4 Å². The molecule has 0 unspecified atom stereocenters. The molecule has 183 valence electrons. The van der Waals surface area contributed by atoms with Crippen LogP contribution in [0.4, 0.5) is 4.39 Å². The molecule has 2 aromatic heterocycles. The van der Waals surface area contributed by atoms with Gasteiger partial charge in [-0.1, -0.05) is 0 Å². The maximum absolute atomic E-state index is 14.1. The molecule has 0 saturated carbocycles. The fourth-order valence-electron chi connectivity index (χ4n) is 5.07. The minimum absolute atomic E-state index is 0. The molecular formula is C31H26FIrN2Se-. The predicted octanol–water partition coefficient (Wildman–Crippen LogP) is 8.24. The van der Waals surface area contributed by atoms with Gasteiger partial charge in [-0.3, -0.25) is 0 Å². The van der Waals surface area contributed by atoms with E-state index in [2.05, 4.69) is 80.8 Å². The Morgan fingerprint density at radius 3 is 2.31 bits per heavy atom. The Hall–Kier alpha value is -2.55. The zero-order valence-corrected chi connectivity index (χ0v) is 24.7. The normalized spacial score (nSPS) is 11.8. The van der Waals surface area contributed by atoms with Crippen LogP contribution >= 0.6 is 0 Å². The largest absolute Gasteiger partial charge is 0 e. The summed E-state index contributed by atoms with van der Waals surface area (Å²) in [5.41, 5.74) is 6.92. The summed E-state index contributed by atoms with van der Waals surface area (Å²) in [4.78, 5) is 5.19. The molecule has 0 bridgehead atoms. The second-order valence-corrected chi connectivity index (χ2v) is 11.9. The van der Waals surface area contributed by atoms with E-state index in [1.807, 2.05) is 18.2 Å². The van der Waals surface area contributed by atoms with Crippen LogP contribution in [-0.2, 0) is 20.1 Å². The van der Waals surface area contributed by atoms with E-state index in [4.69, 9.17) is 4.98 Å². The van der Waals surface area contributed by atoms with Crippen molar-refractivity contribution in [2.75, 3.05) is 0 Å². The summed E-state index contributed by atoms with van der Waals surface area (Å²) in [5.74, 6) is 1.45. The standard InChI is InChI=1S/C31H26FN2Se.Ir/c1-18(2)21-9-7-10-22(19(3)4)29(21)34-27-14-6-5-13-26(27)33-31(34)25-12-8-11-24-23-16-15-20(32)17-28(23)35-30(24)25;/h5-11,13-19H,1-4H3;/q-1;. The zero-order chi connectivity index (χ0) is 24.3. The number of halogens is 1. The summed E-state index contributed by atoms with van der Waals surface area (Å²) in [7, 11) is 0. The summed E-state index contributed by atoms with van der Waals surface area (Å²) in [6, 6.07) is 27.8. The summed E-state index contributed by atoms with van der Waals surface area (Å²) in [5, 5.41) is 2.30. The van der Waals surface area contributed by atoms with Gasteiger partial charge in [-0.15, -0.1) is 0 Å². The Morgan fingerprint density at radius 1 is 0.861 bits per heavy atom. The van der Waals surface area contributed by atoms with E-state index in [0.717, 1.165) is 32.1 Å². The van der Waals surface area contributed by atoms with Crippen molar-refractivity contribution in [1.82, 2.24) is 9.55 Å². The molecule has 1 radical (unpaired) electrons. The van der Waals surface area contributed by atoms with Crippen LogP contribution in [0.1, 0.15) is 50.7 Å². The van der Waals surface area contributed by atoms with Crippen LogP contribution in [0, 0.1) is 11.9 Å². The second kappa shape index (κ2) is 9.72. The Kier molecular flexibility index (Phi) is 6.78. The molecule has 0 aliphatic carbocycles. The van der Waals surface area contributed by atoms with Gasteiger partial charge >= 0.3 is 211 Å². The van der Waals surface area contributed by atoms with Gasteiger partial charge in [0.1, 0.15) is 0 Å². The first-order valence-electron chi connectivity index (χ1n) is 12.1. The second-order valence-electron chi connectivity index (χ2n) is 9.69. The molecule has 0 aliphatic heterocycles. The third-order valence-corrected chi connectivity index (χ3v) is 9.23. The van der Waals surface area contributed by atoms with E-state index in [0.29, 0.717) is 11.8 Å². The number of fused-ring (bicyclic) bond motifs is 4. The molecule has 0 N–H and O–H groups in total. The molecule has 0 fully saturated rings. The summed E-state index contributed by atoms with van der Waals surface area (Å²) >= 11 is -0.0126. The monoisotopic (exact) mass is 718 g/mol. The van der Waals surface area contributed by atoms with Crippen LogP contribution in [0.5, 0.6) is 0 Å². The molecule has 0 amide bonds. The number of hydrogen-bond acceptors (Lipinski definition) is 1. The molecule has 0 atom stereocenters. The van der Waals surface area contributed by atoms with Crippen molar-refractivity contribution in [3.8, 4) is 17.1 Å². The number of hydrogen-bond donors (Lipinski definition) is 0. The number of rotatable bonds is 4. The van der Waals surface area contributed by atoms with E-state index in [1.54, 1.807) is 12.1 Å². The molecule has 4 aromatic carbocycles. The van der Waals surface area contributed by atoms with Crippen molar-refractivity contribution < 1.29 is 24.5 Å². The average molecular weight is 717 g/mol. The Bertz CT molecular complexity index is 1700. The quantitative estimate of drug-likeness (QED) is 0.133. The zero-order valence-electron chi connectivity index (χ0n) is 20.6. The molecule has 0 saturated heterocycles. The maximum atomic E-state index is 14.1. The van der Waals surface area contributed by atoms with Crippen LogP contribution in [-0.4, -0.2) is 24.1 Å². The number of para-hydroxylation sites is 3. The molecular weight excluding hydrogens is 691 g/mol. The van der Waals surface area contributed by atoms with Crippen molar-refractivity contribution in [3.05, 3.63) is 95.8 Å². The Morgan fingerprint density at radius 2 is 1.58 bits per heavy atom. The molecule has 0 spiro atoms. The SMILES string of the molecule is CC(C)c1cccc(C(C)C)c1-n1c(-c2[c-]ccc3c2[se]c2cc(F)ccc23)nc2ccccc21.[Ir]. The molecule has 5 heteroatoms. The van der Waals surface area contributed by atoms with Gasteiger partial charge in [0.25, 0.3) is 0 Å². The number of nitrogens with zero attached hydrogens (tertiary/aromatic N) is 2. The van der Waals surface area contributed by atoms with E-state index in [1.165, 1.54) is 26.5 Å². The summed E-state index contributed by atoms with van der Waals surface area (Å²) < 4.78 is 18.7. The van der Waals surface area contributed by atoms with Crippen LogP contribution in [0.3, 0.4) is 0 Å². The smallest absolute Gasteiger partial charge is 0 e. The van der Waals surface area contributed by atoms with E-state index >= 15 is 0 Å². The average Bonchev–Trinajstić information content (AvgIpc) is 3.41. The van der Waals surface area contributed by atoms with E-state index in [-0.39, 0.29) is 40.4 Å². The van der Waals surface area contributed by atoms with Crippen LogP contribution in [0.15, 0.2) is 72.8 Å². The fraction of sp³-hybridized carbons (Fsp3) is 0.194. The van der Waals surface area contributed by atoms with Gasteiger partial charge in [0.15, 0.2) is 0 Å². The number of benzene rings is 4. The molecule has 6 rings (SSSR count). The van der Waals surface area contributed by atoms with Gasteiger partial charge < -0.3 is 0 Å². The molecule has 2 heterocycles. The first-order chi connectivity index (χ1) is 16.9. The van der Waals surface area contributed by atoms with Crippen molar-refractivity contribution in [1.29, 1.82) is 0 Å². The van der Waals surface area contributed by atoms with Gasteiger partial charge in [0.2, 0.25) is 0 Å². The van der Waals surface area contributed by atoms with Crippen LogP contribution < -0.4 is 0 Å². The minimum Gasteiger partial charge on any atom is 0 e. The third-order valence-electron chi connectivity index (χ3n) is 6.75. The fourth-order valence-corrected chi connectivity index (χ4v) is 7.63. The van der Waals surface area contributed by atoms with Crippen LogP contribution in [0.2, 0.25) is 0 Å². The topological polar surface area (TPSA) is 17.8 Å². The van der Waals surface area contributed by atoms with Gasteiger partial charge in [-0.25, -0.2) is 0 Å². The van der Waals surface area contributed by atoms with Gasteiger partial charge in [-0.2, -0.15) is 0 Å². The Balaban J connectivity index is 0.00000267. The van der Waals surface area contributed by atoms with Gasteiger partial charge in [-0.05, 0) is 0 Å². The molecule has 6 aromatic rings. The molecule has 0 aliphatic rings. The third kappa shape index (κ3) is 3.99. The molecule has 2 nitrogen and oxygen atoms in total. The van der Waals surface area contributed by atoms with E-state index in [9.17, 15) is 4.39 Å². The number of aromatic nitrogens is 2. The summed E-state index contributed by atoms with van der Waals surface area (Å²) in [6.07, 6.45) is 0. The first-order valence-corrected chi connectivity index (χ1v) is 13.8. The van der Waals surface area contributed by atoms with Crippen molar-refractivity contribution in [2.45, 2.75) is 39.5 Å². The first kappa shape index (κ1) is 25.1. The van der Waals surface area contributed by atoms with Crippen molar-refractivity contribution in [3.63, 3.8) is 0 Å². The predicted molar refractivity (Wildman–Crippen MR) is 145 cm³/mol. The Labute approximate surface area is 230 Å². The number of imidazole rings is 1.